The summed E-state index contributed by atoms with van der Waals surface area (Å²) in [5.74, 6) is 0.217. The smallest absolute Gasteiger partial charge is 0.331 e. The lowest BCUT2D eigenvalue weighted by Gasteiger charge is -2.19. The number of amides is 1. The van der Waals surface area contributed by atoms with Crippen LogP contribution in [-0.2, 0) is 14.3 Å². The third kappa shape index (κ3) is 7.38. The molecule has 0 bridgehead atoms. The minimum Gasteiger partial charge on any atom is -0.493 e. The molecule has 0 unspecified atom stereocenters. The molecule has 3 rings (SSSR count). The van der Waals surface area contributed by atoms with Crippen molar-refractivity contribution in [2.45, 2.75) is 6.10 Å². The SMILES string of the molecule is COc1ccc([C@@H](CNC(=O)C=Cc2ccccc2)OC(=O)C=Cc2ccccc2)cc1OC. The number of hydrogen-bond donors (Lipinski definition) is 1. The van der Waals surface area contributed by atoms with Crippen molar-refractivity contribution in [3.05, 3.63) is 108 Å². The summed E-state index contributed by atoms with van der Waals surface area (Å²) >= 11 is 0. The van der Waals surface area contributed by atoms with Gasteiger partial charge in [0.1, 0.15) is 6.10 Å². The monoisotopic (exact) mass is 457 g/mol. The number of carbonyl (C=O) groups excluding carboxylic acids is 2. The Bertz CT molecular complexity index is 1140. The van der Waals surface area contributed by atoms with Crippen molar-refractivity contribution in [3.8, 4) is 11.5 Å². The Morgan fingerprint density at radius 2 is 1.38 bits per heavy atom. The molecule has 0 aliphatic rings. The lowest BCUT2D eigenvalue weighted by molar-refractivity contribution is -0.143. The fraction of sp³-hybridized carbons (Fsp3) is 0.143. The Morgan fingerprint density at radius 1 is 0.794 bits per heavy atom. The van der Waals surface area contributed by atoms with Gasteiger partial charge in [-0.3, -0.25) is 4.79 Å². The maximum atomic E-state index is 12.5. The molecule has 174 valence electrons. The first-order chi connectivity index (χ1) is 16.6. The van der Waals surface area contributed by atoms with E-state index >= 15 is 0 Å². The molecule has 0 saturated carbocycles. The molecular weight excluding hydrogens is 430 g/mol. The van der Waals surface area contributed by atoms with Gasteiger partial charge in [0.05, 0.1) is 20.8 Å². The molecule has 0 aromatic heterocycles. The molecular formula is C28H27NO5. The predicted molar refractivity (Wildman–Crippen MR) is 132 cm³/mol. The van der Waals surface area contributed by atoms with Crippen molar-refractivity contribution < 1.29 is 23.8 Å². The molecule has 34 heavy (non-hydrogen) atoms. The van der Waals surface area contributed by atoms with Crippen molar-refractivity contribution in [1.29, 1.82) is 0 Å². The highest BCUT2D eigenvalue weighted by atomic mass is 16.5. The molecule has 0 aliphatic carbocycles. The fourth-order valence-electron chi connectivity index (χ4n) is 3.18. The molecule has 3 aromatic rings. The minimum atomic E-state index is -0.734. The second-order valence-corrected chi connectivity index (χ2v) is 7.27. The molecule has 1 N–H and O–H groups in total. The van der Waals surface area contributed by atoms with Gasteiger partial charge in [-0.2, -0.15) is 0 Å². The van der Waals surface area contributed by atoms with Crippen LogP contribution >= 0.6 is 0 Å². The van der Waals surface area contributed by atoms with E-state index in [-0.39, 0.29) is 12.5 Å². The maximum Gasteiger partial charge on any atom is 0.331 e. The lowest BCUT2D eigenvalue weighted by Crippen LogP contribution is -2.29. The fourth-order valence-corrected chi connectivity index (χ4v) is 3.18. The van der Waals surface area contributed by atoms with Crippen molar-refractivity contribution in [3.63, 3.8) is 0 Å². The van der Waals surface area contributed by atoms with Gasteiger partial charge in [0.2, 0.25) is 5.91 Å². The molecule has 0 spiro atoms. The molecule has 1 atom stereocenters. The van der Waals surface area contributed by atoms with Crippen LogP contribution in [0.4, 0.5) is 0 Å². The van der Waals surface area contributed by atoms with Crippen LogP contribution in [0.15, 0.2) is 91.0 Å². The number of esters is 1. The Hall–Kier alpha value is -4.32. The summed E-state index contributed by atoms with van der Waals surface area (Å²) in [6.07, 6.45) is 5.46. The number of methoxy groups -OCH3 is 2. The van der Waals surface area contributed by atoms with Gasteiger partial charge in [-0.15, -0.1) is 0 Å². The van der Waals surface area contributed by atoms with Gasteiger partial charge >= 0.3 is 5.97 Å². The molecule has 0 heterocycles. The summed E-state index contributed by atoms with van der Waals surface area (Å²) in [7, 11) is 3.07. The van der Waals surface area contributed by atoms with E-state index in [9.17, 15) is 9.59 Å². The summed E-state index contributed by atoms with van der Waals surface area (Å²) < 4.78 is 16.3. The van der Waals surface area contributed by atoms with Crippen LogP contribution in [0.25, 0.3) is 12.2 Å². The van der Waals surface area contributed by atoms with E-state index < -0.39 is 12.1 Å². The molecule has 3 aromatic carbocycles. The highest BCUT2D eigenvalue weighted by Gasteiger charge is 2.19. The third-order valence-corrected chi connectivity index (χ3v) is 4.94. The second-order valence-electron chi connectivity index (χ2n) is 7.27. The third-order valence-electron chi connectivity index (χ3n) is 4.94. The summed E-state index contributed by atoms with van der Waals surface area (Å²) in [5.41, 5.74) is 2.44. The largest absolute Gasteiger partial charge is 0.493 e. The molecule has 0 saturated heterocycles. The van der Waals surface area contributed by atoms with Gasteiger partial charge in [-0.25, -0.2) is 4.79 Å². The van der Waals surface area contributed by atoms with Crippen molar-refractivity contribution in [2.24, 2.45) is 0 Å². The number of benzene rings is 3. The highest BCUT2D eigenvalue weighted by Crippen LogP contribution is 2.31. The topological polar surface area (TPSA) is 73.9 Å². The van der Waals surface area contributed by atoms with Crippen LogP contribution < -0.4 is 14.8 Å². The molecule has 0 radical (unpaired) electrons. The summed E-state index contributed by atoms with van der Waals surface area (Å²) in [6, 6.07) is 24.2. The van der Waals surface area contributed by atoms with E-state index in [0.717, 1.165) is 11.1 Å². The van der Waals surface area contributed by atoms with Crippen molar-refractivity contribution in [1.82, 2.24) is 5.32 Å². The van der Waals surface area contributed by atoms with Crippen LogP contribution in [0.5, 0.6) is 11.5 Å². The van der Waals surface area contributed by atoms with Crippen LogP contribution in [0, 0.1) is 0 Å². The first-order valence-electron chi connectivity index (χ1n) is 10.8. The highest BCUT2D eigenvalue weighted by molar-refractivity contribution is 5.91. The van der Waals surface area contributed by atoms with Crippen LogP contribution in [-0.4, -0.2) is 32.6 Å². The first-order valence-corrected chi connectivity index (χ1v) is 10.8. The van der Waals surface area contributed by atoms with E-state index in [4.69, 9.17) is 14.2 Å². The molecule has 1 amide bonds. The minimum absolute atomic E-state index is 0.0817. The molecule has 0 fully saturated rings. The normalized spacial score (nSPS) is 11.8. The summed E-state index contributed by atoms with van der Waals surface area (Å²) in [5, 5.41) is 2.80. The molecule has 6 nitrogen and oxygen atoms in total. The summed E-state index contributed by atoms with van der Waals surface area (Å²) in [6.45, 7) is 0.0817. The van der Waals surface area contributed by atoms with E-state index in [1.807, 2.05) is 60.7 Å². The van der Waals surface area contributed by atoms with E-state index in [1.54, 1.807) is 37.5 Å². The van der Waals surface area contributed by atoms with Crippen LogP contribution in [0.2, 0.25) is 0 Å². The Balaban J connectivity index is 1.73. The van der Waals surface area contributed by atoms with E-state index in [0.29, 0.717) is 17.1 Å². The van der Waals surface area contributed by atoms with Gasteiger partial charge in [-0.1, -0.05) is 66.7 Å². The lowest BCUT2D eigenvalue weighted by atomic mass is 10.1. The average Bonchev–Trinajstić information content (AvgIpc) is 2.89. The number of rotatable bonds is 10. The Morgan fingerprint density at radius 3 is 1.97 bits per heavy atom. The molecule has 6 heteroatoms. The standard InChI is InChI=1S/C28H27NO5/c1-32-24-16-15-23(19-25(24)33-2)26(34-28(31)18-14-22-11-7-4-8-12-22)20-29-27(30)17-13-21-9-5-3-6-10-21/h3-19,26H,20H2,1-2H3,(H,29,30)/t26-/m1/s1. The van der Waals surface area contributed by atoms with Gasteiger partial charge < -0.3 is 19.5 Å². The van der Waals surface area contributed by atoms with Crippen molar-refractivity contribution >= 4 is 24.0 Å². The Labute approximate surface area is 199 Å². The zero-order valence-electron chi connectivity index (χ0n) is 19.1. The Kier molecular flexibility index (Phi) is 9.05. The zero-order valence-corrected chi connectivity index (χ0v) is 19.1. The predicted octanol–water partition coefficient (Wildman–Crippen LogP) is 4.83. The van der Waals surface area contributed by atoms with Crippen LogP contribution in [0.1, 0.15) is 22.8 Å². The van der Waals surface area contributed by atoms with E-state index in [1.165, 1.54) is 19.3 Å². The number of ether oxygens (including phenoxy) is 3. The van der Waals surface area contributed by atoms with E-state index in [2.05, 4.69) is 5.32 Å². The van der Waals surface area contributed by atoms with Gasteiger partial charge in [0.25, 0.3) is 0 Å². The molecule has 0 aliphatic heterocycles. The maximum absolute atomic E-state index is 12.5. The number of carbonyl (C=O) groups is 2. The number of hydrogen-bond acceptors (Lipinski definition) is 5. The average molecular weight is 458 g/mol. The van der Waals surface area contributed by atoms with Gasteiger partial charge in [0, 0.05) is 12.2 Å². The first kappa shape index (κ1) is 24.3. The summed E-state index contributed by atoms with van der Waals surface area (Å²) in [4.78, 5) is 24.9. The second kappa shape index (κ2) is 12.6. The zero-order chi connectivity index (χ0) is 24.2. The number of nitrogens with one attached hydrogen (secondary N) is 1. The van der Waals surface area contributed by atoms with Gasteiger partial charge in [0.15, 0.2) is 11.5 Å². The quantitative estimate of drug-likeness (QED) is 0.349. The van der Waals surface area contributed by atoms with Gasteiger partial charge in [-0.05, 0) is 41.0 Å². The van der Waals surface area contributed by atoms with Crippen LogP contribution in [0.3, 0.4) is 0 Å². The van der Waals surface area contributed by atoms with Crippen molar-refractivity contribution in [2.75, 3.05) is 20.8 Å².